The van der Waals surface area contributed by atoms with Gasteiger partial charge in [0.15, 0.2) is 0 Å². The van der Waals surface area contributed by atoms with Gasteiger partial charge in [-0.2, -0.15) is 0 Å². The number of nitrogens with two attached hydrogens (primary N) is 2. The molecule has 2 heteroatoms. The van der Waals surface area contributed by atoms with Crippen LogP contribution >= 0.6 is 0 Å². The summed E-state index contributed by atoms with van der Waals surface area (Å²) in [5, 5.41) is 0. The van der Waals surface area contributed by atoms with Crippen LogP contribution in [0.4, 0.5) is 0 Å². The third-order valence-electron chi connectivity index (χ3n) is 2.71. The fourth-order valence-electron chi connectivity index (χ4n) is 2.08. The summed E-state index contributed by atoms with van der Waals surface area (Å²) in [6.45, 7) is 8.00. The van der Waals surface area contributed by atoms with Gasteiger partial charge in [0, 0.05) is 0 Å². The van der Waals surface area contributed by atoms with Crippen molar-refractivity contribution < 1.29 is 0 Å². The van der Waals surface area contributed by atoms with Crippen molar-refractivity contribution in [3.8, 4) is 11.1 Å². The maximum Gasteiger partial charge on any atom is -0.00135 e. The van der Waals surface area contributed by atoms with E-state index in [4.69, 9.17) is 0 Å². The minimum Gasteiger partial charge on any atom is -0.333 e. The highest BCUT2D eigenvalue weighted by molar-refractivity contribution is 5.76. The molecule has 4 N–H and O–H groups in total. The van der Waals surface area contributed by atoms with E-state index in [9.17, 15) is 0 Å². The zero-order valence-corrected chi connectivity index (χ0v) is 14.5. The van der Waals surface area contributed by atoms with Gasteiger partial charge in [-0.3, -0.25) is 0 Å². The van der Waals surface area contributed by atoms with E-state index < -0.39 is 0 Å². The Morgan fingerprint density at radius 2 is 0.857 bits per heavy atom. The van der Waals surface area contributed by atoms with Crippen molar-refractivity contribution in [1.29, 1.82) is 0 Å². The molecule has 2 aromatic carbocycles. The maximum absolute atomic E-state index is 4.50. The SMILES string of the molecule is CC.CC.CN.CN.c1ccc2c(c1)Cc1ccccc1-2. The molecule has 21 heavy (non-hydrogen) atoms. The highest BCUT2D eigenvalue weighted by Crippen LogP contribution is 2.35. The second kappa shape index (κ2) is 14.8. The van der Waals surface area contributed by atoms with Crippen LogP contribution in [-0.4, -0.2) is 14.1 Å². The molecule has 0 amide bonds. The second-order valence-electron chi connectivity index (χ2n) is 3.49. The second-order valence-corrected chi connectivity index (χ2v) is 3.49. The molecule has 0 fully saturated rings. The number of hydrogen-bond acceptors (Lipinski definition) is 2. The van der Waals surface area contributed by atoms with Gasteiger partial charge in [0.1, 0.15) is 0 Å². The molecule has 1 aliphatic rings. The number of hydrogen-bond donors (Lipinski definition) is 2. The Balaban J connectivity index is 0. The summed E-state index contributed by atoms with van der Waals surface area (Å²) in [5.74, 6) is 0. The fourth-order valence-corrected chi connectivity index (χ4v) is 2.08. The van der Waals surface area contributed by atoms with Gasteiger partial charge in [-0.1, -0.05) is 76.2 Å². The highest BCUT2D eigenvalue weighted by Gasteiger charge is 2.15. The summed E-state index contributed by atoms with van der Waals surface area (Å²) in [4.78, 5) is 0. The lowest BCUT2D eigenvalue weighted by molar-refractivity contribution is 1.26. The molecule has 0 unspecified atom stereocenters. The Hall–Kier alpha value is -1.64. The minimum absolute atomic E-state index is 1.10. The van der Waals surface area contributed by atoms with E-state index in [1.165, 1.54) is 36.3 Å². The van der Waals surface area contributed by atoms with E-state index in [0.29, 0.717) is 0 Å². The van der Waals surface area contributed by atoms with Crippen LogP contribution in [0, 0.1) is 0 Å². The van der Waals surface area contributed by atoms with E-state index in [-0.39, 0.29) is 0 Å². The highest BCUT2D eigenvalue weighted by atomic mass is 14.4. The molecule has 3 rings (SSSR count). The van der Waals surface area contributed by atoms with E-state index in [1.807, 2.05) is 27.7 Å². The lowest BCUT2D eigenvalue weighted by Gasteiger charge is -1.98. The van der Waals surface area contributed by atoms with Crippen LogP contribution in [0.1, 0.15) is 38.8 Å². The van der Waals surface area contributed by atoms with Crippen LogP contribution in [0.5, 0.6) is 0 Å². The predicted octanol–water partition coefficient (Wildman–Crippen LogP) is 4.46. The predicted molar refractivity (Wildman–Crippen MR) is 97.6 cm³/mol. The van der Waals surface area contributed by atoms with E-state index in [0.717, 1.165) is 6.42 Å². The molecule has 1 aliphatic carbocycles. The Morgan fingerprint density at radius 1 is 0.571 bits per heavy atom. The summed E-state index contributed by atoms with van der Waals surface area (Å²) in [6.07, 6.45) is 1.10. The Labute approximate surface area is 131 Å². The van der Waals surface area contributed by atoms with Gasteiger partial charge in [0.2, 0.25) is 0 Å². The van der Waals surface area contributed by atoms with Crippen LogP contribution in [0.15, 0.2) is 48.5 Å². The van der Waals surface area contributed by atoms with E-state index >= 15 is 0 Å². The number of fused-ring (bicyclic) bond motifs is 3. The van der Waals surface area contributed by atoms with Gasteiger partial charge < -0.3 is 11.5 Å². The first-order valence-electron chi connectivity index (χ1n) is 7.77. The molecular weight excluding hydrogens is 256 g/mol. The molecule has 2 nitrogen and oxygen atoms in total. The summed E-state index contributed by atoms with van der Waals surface area (Å²) in [5.41, 5.74) is 14.8. The van der Waals surface area contributed by atoms with Gasteiger partial charge in [0.25, 0.3) is 0 Å². The van der Waals surface area contributed by atoms with Gasteiger partial charge in [-0.05, 0) is 42.8 Å². The molecule has 0 aliphatic heterocycles. The van der Waals surface area contributed by atoms with Gasteiger partial charge in [0.05, 0.1) is 0 Å². The molecule has 0 spiro atoms. The maximum atomic E-state index is 4.50. The molecule has 0 saturated heterocycles. The van der Waals surface area contributed by atoms with Gasteiger partial charge >= 0.3 is 0 Å². The third-order valence-corrected chi connectivity index (χ3v) is 2.71. The number of benzene rings is 2. The summed E-state index contributed by atoms with van der Waals surface area (Å²) < 4.78 is 0. The molecule has 0 radical (unpaired) electrons. The first-order valence-corrected chi connectivity index (χ1v) is 7.77. The van der Waals surface area contributed by atoms with E-state index in [2.05, 4.69) is 60.0 Å². The van der Waals surface area contributed by atoms with Crippen molar-refractivity contribution in [1.82, 2.24) is 0 Å². The van der Waals surface area contributed by atoms with Crippen molar-refractivity contribution in [3.05, 3.63) is 59.7 Å². The summed E-state index contributed by atoms with van der Waals surface area (Å²) >= 11 is 0. The van der Waals surface area contributed by atoms with Crippen LogP contribution in [0.2, 0.25) is 0 Å². The average molecular weight is 288 g/mol. The van der Waals surface area contributed by atoms with Crippen LogP contribution in [0.3, 0.4) is 0 Å². The largest absolute Gasteiger partial charge is 0.333 e. The lowest BCUT2D eigenvalue weighted by Crippen LogP contribution is -1.77. The van der Waals surface area contributed by atoms with Gasteiger partial charge in [-0.25, -0.2) is 0 Å². The molecule has 118 valence electrons. The van der Waals surface area contributed by atoms with Crippen LogP contribution in [-0.2, 0) is 6.42 Å². The molecule has 0 bridgehead atoms. The molecule has 0 saturated carbocycles. The van der Waals surface area contributed by atoms with Gasteiger partial charge in [-0.15, -0.1) is 0 Å². The lowest BCUT2D eigenvalue weighted by atomic mass is 10.1. The molecule has 0 atom stereocenters. The topological polar surface area (TPSA) is 52.0 Å². The fraction of sp³-hybridized carbons (Fsp3) is 0.368. The first-order chi connectivity index (χ1) is 10.4. The Bertz CT molecular complexity index is 421. The normalized spacial score (nSPS) is 8.76. The van der Waals surface area contributed by atoms with E-state index in [1.54, 1.807) is 0 Å². The van der Waals surface area contributed by atoms with Crippen LogP contribution < -0.4 is 11.5 Å². The Morgan fingerprint density at radius 3 is 1.19 bits per heavy atom. The van der Waals surface area contributed by atoms with Crippen LogP contribution in [0.25, 0.3) is 11.1 Å². The zero-order chi connectivity index (χ0) is 16.7. The quantitative estimate of drug-likeness (QED) is 0.641. The number of rotatable bonds is 0. The average Bonchev–Trinajstić information content (AvgIpc) is 3.01. The molecule has 0 heterocycles. The molecule has 0 aromatic heterocycles. The monoisotopic (exact) mass is 288 g/mol. The smallest absolute Gasteiger partial charge is 0.00135 e. The van der Waals surface area contributed by atoms with Crippen molar-refractivity contribution in [2.24, 2.45) is 11.5 Å². The minimum atomic E-state index is 1.10. The van der Waals surface area contributed by atoms with Crippen molar-refractivity contribution >= 4 is 0 Å². The van der Waals surface area contributed by atoms with Crippen molar-refractivity contribution in [2.75, 3.05) is 14.1 Å². The summed E-state index contributed by atoms with van der Waals surface area (Å²) in [7, 11) is 3.00. The molecular formula is C19H32N2. The van der Waals surface area contributed by atoms with Crippen molar-refractivity contribution in [3.63, 3.8) is 0 Å². The standard InChI is InChI=1S/C13H10.2C2H6.2CH5N/c1-3-7-12-10(5-1)9-11-6-2-4-8-13(11)12;4*1-2/h1-8H,9H2;2*1-2H3;2*2H2,1H3. The Kier molecular flexibility index (Phi) is 15.2. The summed E-state index contributed by atoms with van der Waals surface area (Å²) in [6, 6.07) is 17.3. The van der Waals surface area contributed by atoms with Crippen molar-refractivity contribution in [2.45, 2.75) is 34.1 Å². The molecule has 2 aromatic rings. The zero-order valence-electron chi connectivity index (χ0n) is 14.5. The third kappa shape index (κ3) is 6.11. The first kappa shape index (κ1) is 21.7.